The molecule has 0 aliphatic heterocycles. The molecule has 4 heterocycles. The summed E-state index contributed by atoms with van der Waals surface area (Å²) in [6, 6.07) is 31.2. The number of nitriles is 1. The molecule has 6 aromatic rings. The summed E-state index contributed by atoms with van der Waals surface area (Å²) in [5.41, 5.74) is 8.33. The SMILES string of the molecule is [C-]#[N+]/C(c1ccccn1)=c1/[nH]c(-c2ccc(CCCCCCC)cc2)c2/c(=C(\C#N)c3ccccn3)[nH]c(-c3ccc(CCCCCCC)cc3)c12. The predicted octanol–water partition coefficient (Wildman–Crippen LogP) is 10.4. The van der Waals surface area contributed by atoms with Crippen molar-refractivity contribution in [2.45, 2.75) is 90.9 Å². The van der Waals surface area contributed by atoms with Gasteiger partial charge < -0.3 is 9.97 Å². The molecule has 262 valence electrons. The Kier molecular flexibility index (Phi) is 12.5. The fourth-order valence-electron chi connectivity index (χ4n) is 7.09. The second-order valence-corrected chi connectivity index (χ2v) is 13.6. The number of aromatic nitrogens is 4. The number of benzene rings is 2. The molecule has 0 fully saturated rings. The summed E-state index contributed by atoms with van der Waals surface area (Å²) in [5, 5.41) is 13.8. The lowest BCUT2D eigenvalue weighted by atomic mass is 10.0. The van der Waals surface area contributed by atoms with Crippen LogP contribution in [0, 0.1) is 17.9 Å². The molecule has 0 saturated heterocycles. The molecule has 0 unspecified atom stereocenters. The van der Waals surface area contributed by atoms with Crippen LogP contribution in [-0.4, -0.2) is 19.9 Å². The number of unbranched alkanes of at least 4 members (excludes halogenated alkanes) is 8. The molecule has 0 aliphatic carbocycles. The molecule has 52 heavy (non-hydrogen) atoms. The van der Waals surface area contributed by atoms with Crippen LogP contribution in [0.3, 0.4) is 0 Å². The van der Waals surface area contributed by atoms with Crippen LogP contribution >= 0.6 is 0 Å². The zero-order valence-electron chi connectivity index (χ0n) is 30.5. The smallest absolute Gasteiger partial charge is 0.235 e. The maximum absolute atomic E-state index is 10.7. The maximum atomic E-state index is 10.7. The van der Waals surface area contributed by atoms with Gasteiger partial charge in [0.25, 0.3) is 0 Å². The van der Waals surface area contributed by atoms with Crippen LogP contribution in [0.5, 0.6) is 0 Å². The van der Waals surface area contributed by atoms with Crippen molar-refractivity contribution in [3.8, 4) is 28.6 Å². The van der Waals surface area contributed by atoms with Crippen molar-refractivity contribution in [2.24, 2.45) is 0 Å². The van der Waals surface area contributed by atoms with Gasteiger partial charge in [0.05, 0.1) is 40.0 Å². The minimum absolute atomic E-state index is 0.424. The molecule has 0 saturated carbocycles. The lowest BCUT2D eigenvalue weighted by Crippen LogP contribution is -2.11. The minimum Gasteiger partial charge on any atom is -0.363 e. The first-order chi connectivity index (χ1) is 25.7. The third-order valence-corrected chi connectivity index (χ3v) is 9.91. The van der Waals surface area contributed by atoms with Gasteiger partial charge in [0.1, 0.15) is 11.6 Å². The molecule has 6 rings (SSSR count). The van der Waals surface area contributed by atoms with Crippen molar-refractivity contribution in [1.82, 2.24) is 19.9 Å². The summed E-state index contributed by atoms with van der Waals surface area (Å²) in [6.07, 6.45) is 18.0. The molecule has 0 radical (unpaired) electrons. The minimum atomic E-state index is 0.424. The van der Waals surface area contributed by atoms with E-state index in [9.17, 15) is 5.26 Å². The van der Waals surface area contributed by atoms with Crippen molar-refractivity contribution in [1.29, 1.82) is 5.26 Å². The highest BCUT2D eigenvalue weighted by Gasteiger charge is 2.22. The number of nitrogens with one attached hydrogen (secondary N) is 2. The van der Waals surface area contributed by atoms with Crippen molar-refractivity contribution in [2.75, 3.05) is 0 Å². The van der Waals surface area contributed by atoms with Crippen LogP contribution in [-0.2, 0) is 12.8 Å². The van der Waals surface area contributed by atoms with Gasteiger partial charge in [0, 0.05) is 23.2 Å². The Morgan fingerprint density at radius 1 is 0.615 bits per heavy atom. The summed E-state index contributed by atoms with van der Waals surface area (Å²) in [4.78, 5) is 20.7. The van der Waals surface area contributed by atoms with E-state index in [0.29, 0.717) is 33.4 Å². The normalized spacial score (nSPS) is 12.4. The summed E-state index contributed by atoms with van der Waals surface area (Å²) in [7, 11) is 0. The van der Waals surface area contributed by atoms with Gasteiger partial charge in [-0.15, -0.1) is 0 Å². The Morgan fingerprint density at radius 3 is 1.56 bits per heavy atom. The fraction of sp³-hybridized carbons (Fsp3) is 0.304. The van der Waals surface area contributed by atoms with Crippen LogP contribution in [0.15, 0.2) is 97.3 Å². The van der Waals surface area contributed by atoms with Gasteiger partial charge in [-0.25, -0.2) is 4.85 Å². The standard InChI is InChI=1S/C46H48N6/c1-4-6-8-10-12-18-33-22-26-35(27-23-33)42-40-41(46(52-42)45(48-3)39-21-15-17-31-50-39)43(51-44(40)37(32-47)38-20-14-16-30-49-38)36-28-24-34(25-29-36)19-13-11-9-7-5-2/h14-17,20-31,51-52H,4-13,18-19H2,1-2H3/b44-37-,46-45+. The molecule has 0 spiro atoms. The zero-order valence-corrected chi connectivity index (χ0v) is 30.5. The summed E-state index contributed by atoms with van der Waals surface area (Å²) >= 11 is 0. The van der Waals surface area contributed by atoms with Gasteiger partial charge in [-0.05, 0) is 72.2 Å². The Balaban J connectivity index is 1.57. The molecule has 0 bridgehead atoms. The van der Waals surface area contributed by atoms with Crippen LogP contribution in [0.25, 0.3) is 49.4 Å². The van der Waals surface area contributed by atoms with E-state index in [0.717, 1.165) is 46.1 Å². The van der Waals surface area contributed by atoms with Crippen LogP contribution in [0.1, 0.15) is 101 Å². The van der Waals surface area contributed by atoms with E-state index in [-0.39, 0.29) is 0 Å². The van der Waals surface area contributed by atoms with Gasteiger partial charge in [0.15, 0.2) is 0 Å². The Morgan fingerprint density at radius 2 is 1.10 bits per heavy atom. The number of nitrogens with zero attached hydrogens (tertiary/aromatic N) is 4. The predicted molar refractivity (Wildman–Crippen MR) is 213 cm³/mol. The number of hydrogen-bond acceptors (Lipinski definition) is 3. The quantitative estimate of drug-likeness (QED) is 0.0786. The van der Waals surface area contributed by atoms with E-state index in [1.54, 1.807) is 12.4 Å². The molecule has 4 aromatic heterocycles. The van der Waals surface area contributed by atoms with E-state index in [4.69, 9.17) is 6.57 Å². The Bertz CT molecular complexity index is 2100. The third-order valence-electron chi connectivity index (χ3n) is 9.91. The highest BCUT2D eigenvalue weighted by Crippen LogP contribution is 2.32. The van der Waals surface area contributed by atoms with Gasteiger partial charge in [-0.1, -0.05) is 126 Å². The average Bonchev–Trinajstić information content (AvgIpc) is 3.76. The highest BCUT2D eigenvalue weighted by atomic mass is 14.8. The number of aromatic amines is 2. The molecule has 0 aliphatic rings. The van der Waals surface area contributed by atoms with Gasteiger partial charge in [-0.3, -0.25) is 9.97 Å². The number of rotatable bonds is 16. The van der Waals surface area contributed by atoms with Crippen LogP contribution in [0.2, 0.25) is 0 Å². The number of H-pyrrole nitrogens is 2. The van der Waals surface area contributed by atoms with E-state index in [1.807, 2.05) is 36.4 Å². The van der Waals surface area contributed by atoms with Crippen molar-refractivity contribution in [3.63, 3.8) is 0 Å². The molecular formula is C46H48N6. The Labute approximate surface area is 307 Å². The second kappa shape index (κ2) is 18.0. The van der Waals surface area contributed by atoms with E-state index < -0.39 is 0 Å². The molecule has 0 atom stereocenters. The highest BCUT2D eigenvalue weighted by molar-refractivity contribution is 6.07. The molecule has 2 aromatic carbocycles. The third kappa shape index (κ3) is 8.25. The topological polar surface area (TPSA) is 85.5 Å². The molecule has 0 amide bonds. The van der Waals surface area contributed by atoms with Crippen LogP contribution in [0.4, 0.5) is 0 Å². The summed E-state index contributed by atoms with van der Waals surface area (Å²) in [6.45, 7) is 12.9. The first kappa shape index (κ1) is 36.1. The van der Waals surface area contributed by atoms with E-state index in [2.05, 4.69) is 93.2 Å². The lowest BCUT2D eigenvalue weighted by molar-refractivity contribution is 0.632. The zero-order chi connectivity index (χ0) is 36.1. The Hall–Kier alpha value is -5.72. The van der Waals surface area contributed by atoms with Crippen molar-refractivity contribution < 1.29 is 0 Å². The number of fused-ring (bicyclic) bond motifs is 1. The van der Waals surface area contributed by atoms with Gasteiger partial charge >= 0.3 is 0 Å². The number of hydrogen-bond donors (Lipinski definition) is 2. The fourth-order valence-corrected chi connectivity index (χ4v) is 7.09. The first-order valence-electron chi connectivity index (χ1n) is 19.0. The summed E-state index contributed by atoms with van der Waals surface area (Å²) < 4.78 is 0. The molecular weight excluding hydrogens is 637 g/mol. The monoisotopic (exact) mass is 684 g/mol. The second-order valence-electron chi connectivity index (χ2n) is 13.6. The van der Waals surface area contributed by atoms with Crippen LogP contribution < -0.4 is 10.7 Å². The maximum Gasteiger partial charge on any atom is 0.235 e. The summed E-state index contributed by atoms with van der Waals surface area (Å²) in [5.74, 6) is 0. The average molecular weight is 685 g/mol. The van der Waals surface area contributed by atoms with Crippen molar-refractivity contribution in [3.05, 3.63) is 142 Å². The largest absolute Gasteiger partial charge is 0.363 e. The lowest BCUT2D eigenvalue weighted by Gasteiger charge is -2.05. The number of pyridine rings is 2. The number of aryl methyl sites for hydroxylation is 2. The molecule has 6 heteroatoms. The molecule has 6 nitrogen and oxygen atoms in total. The van der Waals surface area contributed by atoms with Gasteiger partial charge in [-0.2, -0.15) is 5.26 Å². The van der Waals surface area contributed by atoms with E-state index in [1.165, 1.54) is 75.3 Å². The van der Waals surface area contributed by atoms with Gasteiger partial charge in [0.2, 0.25) is 5.70 Å². The first-order valence-corrected chi connectivity index (χ1v) is 19.0. The molecule has 2 N–H and O–H groups in total. The van der Waals surface area contributed by atoms with Crippen molar-refractivity contribution >= 4 is 22.0 Å². The van der Waals surface area contributed by atoms with E-state index >= 15 is 0 Å².